The molecule has 1 saturated heterocycles. The third-order valence-electron chi connectivity index (χ3n) is 7.84. The molecule has 2 aromatic carbocycles. The van der Waals surface area contributed by atoms with E-state index in [9.17, 15) is 9.59 Å². The van der Waals surface area contributed by atoms with E-state index in [0.717, 1.165) is 22.3 Å². The van der Waals surface area contributed by atoms with Gasteiger partial charge in [-0.3, -0.25) is 15.2 Å². The molecule has 1 aliphatic carbocycles. The third-order valence-corrected chi connectivity index (χ3v) is 7.84. The number of carbonyl (C=O) groups excluding carboxylic acids is 2. The summed E-state index contributed by atoms with van der Waals surface area (Å²) in [5.41, 5.74) is 7.11. The molecule has 0 spiro atoms. The predicted octanol–water partition coefficient (Wildman–Crippen LogP) is 4.24. The summed E-state index contributed by atoms with van der Waals surface area (Å²) in [5.74, 6) is 4.77. The van der Waals surface area contributed by atoms with Crippen molar-refractivity contribution in [3.05, 3.63) is 94.7 Å². The Bertz CT molecular complexity index is 1410. The van der Waals surface area contributed by atoms with E-state index in [1.807, 2.05) is 52.0 Å². The number of ether oxygens (including phenoxy) is 1. The topological polar surface area (TPSA) is 125 Å². The van der Waals surface area contributed by atoms with Crippen LogP contribution in [0.1, 0.15) is 60.7 Å². The number of aromatic nitrogens is 1. The van der Waals surface area contributed by atoms with Gasteiger partial charge in [0.25, 0.3) is 5.91 Å². The number of nitrogens with zero attached hydrogens (tertiary/aromatic N) is 1. The molecule has 1 aromatic heterocycles. The van der Waals surface area contributed by atoms with Crippen molar-refractivity contribution in [3.63, 3.8) is 0 Å². The molecule has 0 radical (unpaired) electrons. The molecule has 0 unspecified atom stereocenters. The SMILES string of the molecule is CC1(C)OB(C(=Cc2cncc(C(=O)NN)c2)CNC(=O)OCC2c3ccccc3-c3ccccc32)OC1(C)C. The Kier molecular flexibility index (Phi) is 7.50. The highest BCUT2D eigenvalue weighted by Gasteiger charge is 2.52. The summed E-state index contributed by atoms with van der Waals surface area (Å²) < 4.78 is 18.2. The standard InChI is InChI=1S/C30H33BN4O5/c1-29(2)30(3,4)40-31(39-29)21(14-19-13-20(16-33-15-19)27(36)35-32)17-34-28(37)38-18-26-24-11-7-5-9-22(24)23-10-6-8-12-25(23)26/h5-16,26H,17-18,32H2,1-4H3,(H,34,37)(H,35,36). The molecule has 3 aromatic rings. The lowest BCUT2D eigenvalue weighted by atomic mass is 9.77. The quantitative estimate of drug-likeness (QED) is 0.177. The van der Waals surface area contributed by atoms with Gasteiger partial charge in [-0.1, -0.05) is 54.6 Å². The number of nitrogens with one attached hydrogen (secondary N) is 2. The van der Waals surface area contributed by atoms with Gasteiger partial charge in [-0.15, -0.1) is 0 Å². The van der Waals surface area contributed by atoms with Gasteiger partial charge in [-0.2, -0.15) is 0 Å². The van der Waals surface area contributed by atoms with Gasteiger partial charge in [0.1, 0.15) is 6.61 Å². The van der Waals surface area contributed by atoms with E-state index in [0.29, 0.717) is 16.6 Å². The van der Waals surface area contributed by atoms with Gasteiger partial charge in [-0.25, -0.2) is 10.6 Å². The van der Waals surface area contributed by atoms with E-state index in [1.165, 1.54) is 6.20 Å². The maximum Gasteiger partial charge on any atom is 0.492 e. The number of nitrogens with two attached hydrogens (primary N) is 1. The predicted molar refractivity (Wildman–Crippen MR) is 153 cm³/mol. The molecule has 0 bridgehead atoms. The van der Waals surface area contributed by atoms with Crippen LogP contribution in [0.15, 0.2) is 72.5 Å². The minimum absolute atomic E-state index is 0.0428. The fourth-order valence-electron chi connectivity index (χ4n) is 4.98. The summed E-state index contributed by atoms with van der Waals surface area (Å²) in [6.07, 6.45) is 4.25. The molecule has 2 heterocycles. The van der Waals surface area contributed by atoms with Crippen LogP contribution in [-0.4, -0.2) is 48.5 Å². The van der Waals surface area contributed by atoms with Gasteiger partial charge in [0.05, 0.1) is 16.8 Å². The molecule has 0 saturated carbocycles. The number of pyridine rings is 1. The summed E-state index contributed by atoms with van der Waals surface area (Å²) >= 11 is 0. The number of fused-ring (bicyclic) bond motifs is 3. The average Bonchev–Trinajstić information content (AvgIpc) is 3.38. The van der Waals surface area contributed by atoms with Crippen LogP contribution < -0.4 is 16.6 Å². The number of benzene rings is 2. The summed E-state index contributed by atoms with van der Waals surface area (Å²) in [6, 6.07) is 18.0. The van der Waals surface area contributed by atoms with Crippen LogP contribution in [0.3, 0.4) is 0 Å². The van der Waals surface area contributed by atoms with Gasteiger partial charge < -0.3 is 19.4 Å². The molecule has 4 N–H and O–H groups in total. The molecule has 5 rings (SSSR count). The second kappa shape index (κ2) is 10.9. The fraction of sp³-hybridized carbons (Fsp3) is 0.300. The van der Waals surface area contributed by atoms with E-state index in [1.54, 1.807) is 18.3 Å². The summed E-state index contributed by atoms with van der Waals surface area (Å²) in [7, 11) is -0.731. The van der Waals surface area contributed by atoms with E-state index >= 15 is 0 Å². The molecule has 1 aliphatic heterocycles. The number of hydrogen-bond donors (Lipinski definition) is 3. The van der Waals surface area contributed by atoms with Crippen LogP contribution >= 0.6 is 0 Å². The van der Waals surface area contributed by atoms with E-state index in [-0.39, 0.29) is 19.1 Å². The molecule has 1 fully saturated rings. The second-order valence-corrected chi connectivity index (χ2v) is 11.0. The number of hydrazine groups is 1. The number of hydrogen-bond acceptors (Lipinski definition) is 7. The Labute approximate surface area is 234 Å². The summed E-state index contributed by atoms with van der Waals surface area (Å²) in [6.45, 7) is 8.12. The molecule has 10 heteroatoms. The Hall–Kier alpha value is -3.99. The monoisotopic (exact) mass is 540 g/mol. The van der Waals surface area contributed by atoms with Crippen LogP contribution in [0.4, 0.5) is 4.79 Å². The Morgan fingerprint density at radius 1 is 1.00 bits per heavy atom. The Balaban J connectivity index is 1.32. The van der Waals surface area contributed by atoms with Crippen molar-refractivity contribution in [2.45, 2.75) is 44.8 Å². The van der Waals surface area contributed by atoms with E-state index < -0.39 is 30.3 Å². The molecule has 206 valence electrons. The van der Waals surface area contributed by atoms with Crippen LogP contribution in [0.5, 0.6) is 0 Å². The van der Waals surface area contributed by atoms with Gasteiger partial charge >= 0.3 is 13.2 Å². The van der Waals surface area contributed by atoms with Gasteiger partial charge in [0.2, 0.25) is 0 Å². The lowest BCUT2D eigenvalue weighted by Gasteiger charge is -2.32. The van der Waals surface area contributed by atoms with Crippen LogP contribution in [0.2, 0.25) is 0 Å². The zero-order chi connectivity index (χ0) is 28.5. The minimum atomic E-state index is -0.731. The average molecular weight is 540 g/mol. The highest BCUT2D eigenvalue weighted by molar-refractivity contribution is 6.56. The third kappa shape index (κ3) is 5.38. The Morgan fingerprint density at radius 2 is 1.60 bits per heavy atom. The van der Waals surface area contributed by atoms with Crippen molar-refractivity contribution < 1.29 is 23.6 Å². The largest absolute Gasteiger partial charge is 0.492 e. The molecule has 40 heavy (non-hydrogen) atoms. The van der Waals surface area contributed by atoms with Crippen LogP contribution in [0, 0.1) is 0 Å². The molecule has 9 nitrogen and oxygen atoms in total. The number of rotatable bonds is 7. The molecule has 2 amide bonds. The van der Waals surface area contributed by atoms with Crippen molar-refractivity contribution >= 4 is 25.2 Å². The summed E-state index contributed by atoms with van der Waals surface area (Å²) in [4.78, 5) is 29.1. The first-order valence-corrected chi connectivity index (χ1v) is 13.2. The highest BCUT2D eigenvalue weighted by atomic mass is 16.7. The first-order chi connectivity index (χ1) is 19.1. The zero-order valence-electron chi connectivity index (χ0n) is 23.1. The zero-order valence-corrected chi connectivity index (χ0v) is 23.1. The van der Waals surface area contributed by atoms with Crippen molar-refractivity contribution in [1.82, 2.24) is 15.7 Å². The van der Waals surface area contributed by atoms with E-state index in [2.05, 4.69) is 40.0 Å². The van der Waals surface area contributed by atoms with Gasteiger partial charge in [-0.05, 0) is 67.1 Å². The number of alkyl carbamates (subject to hydrolysis) is 1. The van der Waals surface area contributed by atoms with Crippen molar-refractivity contribution in [3.8, 4) is 11.1 Å². The lowest BCUT2D eigenvalue weighted by molar-refractivity contribution is 0.00578. The van der Waals surface area contributed by atoms with Gasteiger partial charge in [0, 0.05) is 24.9 Å². The first-order valence-electron chi connectivity index (χ1n) is 13.2. The number of amides is 2. The number of carbonyl (C=O) groups is 2. The van der Waals surface area contributed by atoms with Gasteiger partial charge in [0.15, 0.2) is 0 Å². The maximum atomic E-state index is 12.9. The van der Waals surface area contributed by atoms with Crippen LogP contribution in [0.25, 0.3) is 17.2 Å². The van der Waals surface area contributed by atoms with E-state index in [4.69, 9.17) is 19.9 Å². The van der Waals surface area contributed by atoms with Crippen molar-refractivity contribution in [2.75, 3.05) is 13.2 Å². The normalized spacial score (nSPS) is 17.2. The number of nitrogen functional groups attached to an aromatic ring is 1. The lowest BCUT2D eigenvalue weighted by Crippen LogP contribution is -2.41. The molecule has 0 atom stereocenters. The second-order valence-electron chi connectivity index (χ2n) is 11.0. The smallest absolute Gasteiger partial charge is 0.449 e. The summed E-state index contributed by atoms with van der Waals surface area (Å²) in [5, 5.41) is 2.85. The van der Waals surface area contributed by atoms with Crippen molar-refractivity contribution in [1.29, 1.82) is 0 Å². The Morgan fingerprint density at radius 3 is 2.20 bits per heavy atom. The highest BCUT2D eigenvalue weighted by Crippen LogP contribution is 2.44. The first kappa shape index (κ1) is 27.6. The van der Waals surface area contributed by atoms with Crippen molar-refractivity contribution in [2.24, 2.45) is 5.84 Å². The maximum absolute atomic E-state index is 12.9. The fourth-order valence-corrected chi connectivity index (χ4v) is 4.98. The molecular formula is C30H33BN4O5. The van der Waals surface area contributed by atoms with Crippen LogP contribution in [-0.2, 0) is 14.0 Å². The molecular weight excluding hydrogens is 507 g/mol. The molecule has 2 aliphatic rings. The minimum Gasteiger partial charge on any atom is -0.449 e.